The average Bonchev–Trinajstić information content (AvgIpc) is 3.48. The predicted molar refractivity (Wildman–Crippen MR) is 100.0 cm³/mol. The lowest BCUT2D eigenvalue weighted by Crippen LogP contribution is -2.29. The molecule has 144 valence electrons. The molecule has 0 spiro atoms. The fourth-order valence-corrected chi connectivity index (χ4v) is 4.07. The van der Waals surface area contributed by atoms with Crippen LogP contribution < -0.4 is 0 Å². The third-order valence-corrected chi connectivity index (χ3v) is 7.87. The van der Waals surface area contributed by atoms with E-state index in [2.05, 4.69) is 0 Å². The monoisotopic (exact) mass is 381 g/mol. The molecule has 2 unspecified atom stereocenters. The van der Waals surface area contributed by atoms with Crippen molar-refractivity contribution >= 4 is 18.9 Å². The van der Waals surface area contributed by atoms with Crippen LogP contribution in [0.4, 0.5) is 0 Å². The number of carbonyl (C=O) groups is 2. The lowest BCUT2D eigenvalue weighted by molar-refractivity contribution is -0.117. The first-order valence-corrected chi connectivity index (χ1v) is 11.3. The van der Waals surface area contributed by atoms with Crippen molar-refractivity contribution in [2.24, 2.45) is 0 Å². The number of hydrogen-bond donors (Lipinski definition) is 1. The molecule has 3 saturated heterocycles. The molecular formula is C18H28N3O4P. The van der Waals surface area contributed by atoms with Crippen molar-refractivity contribution in [1.82, 2.24) is 14.7 Å². The summed E-state index contributed by atoms with van der Waals surface area (Å²) in [6, 6.07) is 0. The summed E-state index contributed by atoms with van der Waals surface area (Å²) in [5.74, 6) is 0.0485. The lowest BCUT2D eigenvalue weighted by Gasteiger charge is -2.21. The van der Waals surface area contributed by atoms with Crippen molar-refractivity contribution in [3.63, 3.8) is 0 Å². The Morgan fingerprint density at radius 2 is 1.50 bits per heavy atom. The van der Waals surface area contributed by atoms with Crippen LogP contribution >= 0.6 is 7.37 Å². The van der Waals surface area contributed by atoms with Crippen LogP contribution in [0.15, 0.2) is 23.2 Å². The largest absolute Gasteiger partial charge is 0.365 e. The molecule has 26 heavy (non-hydrogen) atoms. The maximum atomic E-state index is 12.4. The molecule has 3 aliphatic heterocycles. The van der Waals surface area contributed by atoms with Crippen LogP contribution in [0.5, 0.6) is 0 Å². The number of carbonyl (C=O) groups excluding carboxylic acids is 2. The summed E-state index contributed by atoms with van der Waals surface area (Å²) < 4.78 is 11.1. The maximum Gasteiger partial charge on any atom is 0.227 e. The van der Waals surface area contributed by atoms with E-state index in [9.17, 15) is 14.2 Å². The first-order chi connectivity index (χ1) is 12.3. The van der Waals surface area contributed by atoms with Crippen molar-refractivity contribution < 1.29 is 19.0 Å². The minimum atomic E-state index is -2.76. The number of nitrogens with zero attached hydrogens (tertiary/aromatic N) is 3. The second-order valence-electron chi connectivity index (χ2n) is 7.21. The van der Waals surface area contributed by atoms with Gasteiger partial charge in [0.05, 0.1) is 5.70 Å². The van der Waals surface area contributed by atoms with Gasteiger partial charge in [-0.1, -0.05) is 20.8 Å². The Hall–Kier alpha value is -1.59. The molecule has 3 fully saturated rings. The van der Waals surface area contributed by atoms with Gasteiger partial charge in [0, 0.05) is 57.2 Å². The molecule has 0 radical (unpaired) electrons. The Morgan fingerprint density at radius 3 is 1.88 bits per heavy atom. The standard InChI is InChI=1S/C12H13N3O2.C6H15O2P/c16-9-7-8(13-1-2-13)12(17)11(15-5-6-15)10(9)14-3-4-14;1-4-6(3)9(7,8)5-2/h7H,1-6H2;6H,4-5H2,1-3H3,(H,7,8). The zero-order valence-corrected chi connectivity index (χ0v) is 16.7. The highest BCUT2D eigenvalue weighted by molar-refractivity contribution is 7.58. The molecule has 2 atom stereocenters. The Balaban J connectivity index is 0.000000188. The minimum absolute atomic E-state index is 0.00546. The Morgan fingerprint density at radius 1 is 1.00 bits per heavy atom. The molecule has 3 heterocycles. The minimum Gasteiger partial charge on any atom is -0.365 e. The highest BCUT2D eigenvalue weighted by Crippen LogP contribution is 2.46. The summed E-state index contributed by atoms with van der Waals surface area (Å²) in [7, 11) is -2.76. The summed E-state index contributed by atoms with van der Waals surface area (Å²) in [5.41, 5.74) is 1.86. The average molecular weight is 381 g/mol. The van der Waals surface area contributed by atoms with E-state index >= 15 is 0 Å². The maximum absolute atomic E-state index is 12.4. The van der Waals surface area contributed by atoms with Gasteiger partial charge in [-0.05, 0) is 6.42 Å². The van der Waals surface area contributed by atoms with Crippen LogP contribution in [0.1, 0.15) is 27.2 Å². The topological polar surface area (TPSA) is 80.5 Å². The highest BCUT2D eigenvalue weighted by Gasteiger charge is 2.43. The van der Waals surface area contributed by atoms with E-state index in [1.54, 1.807) is 6.92 Å². The predicted octanol–water partition coefficient (Wildman–Crippen LogP) is 1.26. The van der Waals surface area contributed by atoms with Gasteiger partial charge in [0.2, 0.25) is 18.9 Å². The van der Waals surface area contributed by atoms with Gasteiger partial charge in [0.25, 0.3) is 0 Å². The summed E-state index contributed by atoms with van der Waals surface area (Å²) >= 11 is 0. The van der Waals surface area contributed by atoms with E-state index in [4.69, 9.17) is 4.89 Å². The van der Waals surface area contributed by atoms with Crippen LogP contribution in [0.25, 0.3) is 0 Å². The van der Waals surface area contributed by atoms with Crippen LogP contribution in [0, 0.1) is 0 Å². The fourth-order valence-electron chi connectivity index (χ4n) is 2.87. The molecule has 8 heteroatoms. The van der Waals surface area contributed by atoms with E-state index in [-0.39, 0.29) is 17.2 Å². The third kappa shape index (κ3) is 4.04. The Labute approximate surface area is 154 Å². The van der Waals surface area contributed by atoms with Crippen LogP contribution in [-0.4, -0.2) is 82.2 Å². The summed E-state index contributed by atoms with van der Waals surface area (Å²) in [6.07, 6.45) is 2.72. The summed E-state index contributed by atoms with van der Waals surface area (Å²) in [5, 5.41) is 0. The smallest absolute Gasteiger partial charge is 0.227 e. The molecule has 7 nitrogen and oxygen atoms in total. The van der Waals surface area contributed by atoms with Crippen LogP contribution in [0.3, 0.4) is 0 Å². The quantitative estimate of drug-likeness (QED) is 0.421. The van der Waals surface area contributed by atoms with E-state index in [0.29, 0.717) is 23.3 Å². The first kappa shape index (κ1) is 19.2. The van der Waals surface area contributed by atoms with Crippen molar-refractivity contribution in [1.29, 1.82) is 0 Å². The zero-order chi connectivity index (χ0) is 19.1. The molecule has 4 aliphatic rings. The van der Waals surface area contributed by atoms with Gasteiger partial charge in [-0.15, -0.1) is 0 Å². The van der Waals surface area contributed by atoms with Gasteiger partial charge >= 0.3 is 0 Å². The number of hydrogen-bond acceptors (Lipinski definition) is 6. The van der Waals surface area contributed by atoms with Crippen molar-refractivity contribution in [2.75, 3.05) is 45.4 Å². The fraction of sp³-hybridized carbons (Fsp3) is 0.667. The molecule has 1 N–H and O–H groups in total. The number of allylic oxidation sites excluding steroid dienone is 1. The molecule has 1 aliphatic carbocycles. The lowest BCUT2D eigenvalue weighted by atomic mass is 10.0. The molecule has 0 bridgehead atoms. The van der Waals surface area contributed by atoms with Gasteiger partial charge in [0.15, 0.2) is 0 Å². The van der Waals surface area contributed by atoms with E-state index in [1.165, 1.54) is 6.08 Å². The van der Waals surface area contributed by atoms with Crippen molar-refractivity contribution in [2.45, 2.75) is 32.9 Å². The van der Waals surface area contributed by atoms with Gasteiger partial charge in [0.1, 0.15) is 11.4 Å². The SMILES string of the molecule is CCC(C)P(=O)(O)CC.O=C1C=C(N2CC2)C(=O)C(N2CC2)=C1N1CC1. The molecule has 0 saturated carbocycles. The summed E-state index contributed by atoms with van der Waals surface area (Å²) in [6.45, 7) is 10.9. The van der Waals surface area contributed by atoms with Crippen LogP contribution in [0.2, 0.25) is 0 Å². The van der Waals surface area contributed by atoms with E-state index in [1.807, 2.05) is 28.5 Å². The number of Topliss-reactive ketones (excluding diaryl/α,β-unsaturated/α-hetero) is 1. The van der Waals surface area contributed by atoms with Crippen molar-refractivity contribution in [3.8, 4) is 0 Å². The van der Waals surface area contributed by atoms with Crippen molar-refractivity contribution in [3.05, 3.63) is 23.2 Å². The second-order valence-corrected chi connectivity index (χ2v) is 10.2. The number of ketones is 2. The number of rotatable bonds is 6. The normalized spacial score (nSPS) is 24.6. The van der Waals surface area contributed by atoms with Crippen LogP contribution in [-0.2, 0) is 14.2 Å². The molecule has 0 amide bonds. The third-order valence-electron chi connectivity index (χ3n) is 5.22. The molecule has 4 rings (SSSR count). The summed E-state index contributed by atoms with van der Waals surface area (Å²) in [4.78, 5) is 39.6. The zero-order valence-electron chi connectivity index (χ0n) is 15.8. The van der Waals surface area contributed by atoms with E-state index in [0.717, 1.165) is 45.7 Å². The van der Waals surface area contributed by atoms with Gasteiger partial charge in [-0.25, -0.2) is 0 Å². The Bertz CT molecular complexity index is 718. The molecule has 0 aromatic carbocycles. The van der Waals surface area contributed by atoms with E-state index < -0.39 is 7.37 Å². The van der Waals surface area contributed by atoms with Gasteiger partial charge < -0.3 is 19.6 Å². The second kappa shape index (κ2) is 7.20. The molecule has 0 aromatic rings. The molecule has 0 aromatic heterocycles. The Kier molecular flexibility index (Phi) is 5.31. The van der Waals surface area contributed by atoms with Gasteiger partial charge in [-0.2, -0.15) is 0 Å². The van der Waals surface area contributed by atoms with Gasteiger partial charge in [-0.3, -0.25) is 14.2 Å². The molecular weight excluding hydrogens is 353 g/mol. The first-order valence-electron chi connectivity index (χ1n) is 9.41. The highest BCUT2D eigenvalue weighted by atomic mass is 31.2.